The highest BCUT2D eigenvalue weighted by Crippen LogP contribution is 2.26. The molecule has 2 aromatic carbocycles. The van der Waals surface area contributed by atoms with Crippen LogP contribution in [0.4, 0.5) is 11.4 Å². The number of morpholine rings is 1. The average Bonchev–Trinajstić information content (AvgIpc) is 2.73. The van der Waals surface area contributed by atoms with E-state index < -0.39 is 0 Å². The van der Waals surface area contributed by atoms with Crippen molar-refractivity contribution in [1.82, 2.24) is 4.90 Å². The predicted octanol–water partition coefficient (Wildman–Crippen LogP) is 3.37. The van der Waals surface area contributed by atoms with Gasteiger partial charge in [0.2, 0.25) is 5.91 Å². The molecule has 0 aliphatic carbocycles. The summed E-state index contributed by atoms with van der Waals surface area (Å²) in [5.41, 5.74) is 3.43. The van der Waals surface area contributed by atoms with Crippen molar-refractivity contribution in [2.24, 2.45) is 0 Å². The normalized spacial score (nSPS) is 14.0. The summed E-state index contributed by atoms with van der Waals surface area (Å²) < 4.78 is 5.45. The summed E-state index contributed by atoms with van der Waals surface area (Å²) in [5, 5.41) is 3.45. The molecular weight excluding hydrogens is 338 g/mol. The third kappa shape index (κ3) is 5.47. The zero-order chi connectivity index (χ0) is 18.9. The molecule has 0 radical (unpaired) electrons. The van der Waals surface area contributed by atoms with Crippen molar-refractivity contribution in [3.63, 3.8) is 0 Å². The molecule has 0 unspecified atom stereocenters. The summed E-state index contributed by atoms with van der Waals surface area (Å²) in [4.78, 5) is 16.9. The van der Waals surface area contributed by atoms with E-state index in [2.05, 4.69) is 40.5 Å². The molecule has 0 atom stereocenters. The number of nitrogens with zero attached hydrogens (tertiary/aromatic N) is 2. The number of benzene rings is 2. The fourth-order valence-corrected chi connectivity index (χ4v) is 3.35. The Hall–Kier alpha value is -2.53. The fraction of sp³-hybridized carbons (Fsp3) is 0.409. The molecule has 1 heterocycles. The maximum Gasteiger partial charge on any atom is 0.224 e. The molecule has 27 heavy (non-hydrogen) atoms. The van der Waals surface area contributed by atoms with Gasteiger partial charge in [0, 0.05) is 39.1 Å². The zero-order valence-corrected chi connectivity index (χ0v) is 16.1. The first kappa shape index (κ1) is 19.2. The molecule has 1 saturated heterocycles. The molecule has 2 aromatic rings. The lowest BCUT2D eigenvalue weighted by Crippen LogP contribution is -2.36. The van der Waals surface area contributed by atoms with Crippen molar-refractivity contribution >= 4 is 17.3 Å². The van der Waals surface area contributed by atoms with E-state index in [0.29, 0.717) is 19.5 Å². The monoisotopic (exact) mass is 367 g/mol. The van der Waals surface area contributed by atoms with E-state index in [1.54, 1.807) is 0 Å². The molecular formula is C22H29N3O2. The molecule has 1 aliphatic rings. The predicted molar refractivity (Wildman–Crippen MR) is 110 cm³/mol. The van der Waals surface area contributed by atoms with Gasteiger partial charge in [-0.1, -0.05) is 42.5 Å². The molecule has 1 amide bonds. The molecule has 0 aromatic heterocycles. The van der Waals surface area contributed by atoms with Crippen molar-refractivity contribution in [3.05, 3.63) is 60.2 Å². The van der Waals surface area contributed by atoms with E-state index in [9.17, 15) is 4.79 Å². The molecule has 0 bridgehead atoms. The van der Waals surface area contributed by atoms with Gasteiger partial charge in [-0.05, 0) is 24.6 Å². The molecule has 1 fully saturated rings. The third-order valence-electron chi connectivity index (χ3n) is 4.86. The number of hydrogen-bond donors (Lipinski definition) is 1. The minimum Gasteiger partial charge on any atom is -0.383 e. The number of rotatable bonds is 8. The average molecular weight is 367 g/mol. The number of para-hydroxylation sites is 2. The molecule has 1 N–H and O–H groups in total. The first-order valence-electron chi connectivity index (χ1n) is 9.75. The SMILES string of the molecule is CCN(Cc1ccccc1)C(=O)CCNc1ccccc1N1CCOCC1. The number of carbonyl (C=O) groups excluding carboxylic acids is 1. The highest BCUT2D eigenvalue weighted by Gasteiger charge is 2.15. The van der Waals surface area contributed by atoms with Crippen LogP contribution in [-0.4, -0.2) is 50.2 Å². The van der Waals surface area contributed by atoms with Crippen LogP contribution in [0.2, 0.25) is 0 Å². The van der Waals surface area contributed by atoms with Crippen LogP contribution < -0.4 is 10.2 Å². The van der Waals surface area contributed by atoms with Gasteiger partial charge in [-0.2, -0.15) is 0 Å². The second-order valence-corrected chi connectivity index (χ2v) is 6.69. The smallest absolute Gasteiger partial charge is 0.224 e. The van der Waals surface area contributed by atoms with Gasteiger partial charge in [-0.3, -0.25) is 4.79 Å². The second kappa shape index (κ2) is 9.97. The maximum atomic E-state index is 12.6. The molecule has 0 saturated carbocycles. The topological polar surface area (TPSA) is 44.8 Å². The molecule has 5 nitrogen and oxygen atoms in total. The standard InChI is InChI=1S/C22H29N3O2/c1-2-24(18-19-8-4-3-5-9-19)22(26)12-13-23-20-10-6-7-11-21(20)25-14-16-27-17-15-25/h3-11,23H,2,12-18H2,1H3. The minimum atomic E-state index is 0.178. The van der Waals surface area contributed by atoms with Gasteiger partial charge in [0.1, 0.15) is 0 Å². The first-order valence-corrected chi connectivity index (χ1v) is 9.75. The summed E-state index contributed by atoms with van der Waals surface area (Å²) in [6, 6.07) is 18.4. The first-order chi connectivity index (χ1) is 13.3. The van der Waals surface area contributed by atoms with Crippen LogP contribution in [-0.2, 0) is 16.1 Å². The summed E-state index contributed by atoms with van der Waals surface area (Å²) in [5.74, 6) is 0.178. The molecule has 1 aliphatic heterocycles. The Morgan fingerprint density at radius 2 is 1.78 bits per heavy atom. The molecule has 3 rings (SSSR count). The summed E-state index contributed by atoms with van der Waals surface area (Å²) in [7, 11) is 0. The van der Waals surface area contributed by atoms with Gasteiger partial charge in [0.25, 0.3) is 0 Å². The Morgan fingerprint density at radius 3 is 2.52 bits per heavy atom. The van der Waals surface area contributed by atoms with Crippen molar-refractivity contribution in [1.29, 1.82) is 0 Å². The van der Waals surface area contributed by atoms with E-state index in [0.717, 1.165) is 38.5 Å². The van der Waals surface area contributed by atoms with Crippen LogP contribution in [0.3, 0.4) is 0 Å². The minimum absolute atomic E-state index is 0.178. The van der Waals surface area contributed by atoms with Gasteiger partial charge in [0.15, 0.2) is 0 Å². The highest BCUT2D eigenvalue weighted by molar-refractivity contribution is 5.77. The molecule has 0 spiro atoms. The highest BCUT2D eigenvalue weighted by atomic mass is 16.5. The lowest BCUT2D eigenvalue weighted by atomic mass is 10.2. The zero-order valence-electron chi connectivity index (χ0n) is 16.1. The Balaban J connectivity index is 1.53. The van der Waals surface area contributed by atoms with E-state index in [-0.39, 0.29) is 5.91 Å². The number of hydrogen-bond acceptors (Lipinski definition) is 4. The third-order valence-corrected chi connectivity index (χ3v) is 4.86. The summed E-state index contributed by atoms with van der Waals surface area (Å²) in [6.45, 7) is 7.37. The van der Waals surface area contributed by atoms with Crippen LogP contribution in [0.25, 0.3) is 0 Å². The van der Waals surface area contributed by atoms with Crippen molar-refractivity contribution in [2.45, 2.75) is 19.9 Å². The lowest BCUT2D eigenvalue weighted by Gasteiger charge is -2.30. The quantitative estimate of drug-likeness (QED) is 0.777. The van der Waals surface area contributed by atoms with E-state index in [1.807, 2.05) is 36.1 Å². The number of nitrogens with one attached hydrogen (secondary N) is 1. The second-order valence-electron chi connectivity index (χ2n) is 6.69. The molecule has 5 heteroatoms. The van der Waals surface area contributed by atoms with Crippen LogP contribution in [0.1, 0.15) is 18.9 Å². The van der Waals surface area contributed by atoms with Crippen LogP contribution in [0, 0.1) is 0 Å². The van der Waals surface area contributed by atoms with Gasteiger partial charge in [-0.15, -0.1) is 0 Å². The van der Waals surface area contributed by atoms with E-state index in [1.165, 1.54) is 11.3 Å². The maximum absolute atomic E-state index is 12.6. The van der Waals surface area contributed by atoms with Crippen molar-refractivity contribution < 1.29 is 9.53 Å². The van der Waals surface area contributed by atoms with Crippen LogP contribution in [0.5, 0.6) is 0 Å². The largest absolute Gasteiger partial charge is 0.383 e. The summed E-state index contributed by atoms with van der Waals surface area (Å²) in [6.07, 6.45) is 0.484. The Morgan fingerprint density at radius 1 is 1.07 bits per heavy atom. The number of amides is 1. The van der Waals surface area contributed by atoms with E-state index >= 15 is 0 Å². The van der Waals surface area contributed by atoms with Crippen molar-refractivity contribution in [3.8, 4) is 0 Å². The van der Waals surface area contributed by atoms with Gasteiger partial charge in [-0.25, -0.2) is 0 Å². The lowest BCUT2D eigenvalue weighted by molar-refractivity contribution is -0.131. The Labute approximate surface area is 161 Å². The van der Waals surface area contributed by atoms with Gasteiger partial charge < -0.3 is 19.9 Å². The summed E-state index contributed by atoms with van der Waals surface area (Å²) >= 11 is 0. The van der Waals surface area contributed by atoms with Crippen LogP contribution >= 0.6 is 0 Å². The number of ether oxygens (including phenoxy) is 1. The Bertz CT molecular complexity index is 715. The molecule has 144 valence electrons. The van der Waals surface area contributed by atoms with Gasteiger partial charge >= 0.3 is 0 Å². The van der Waals surface area contributed by atoms with E-state index in [4.69, 9.17) is 4.74 Å². The van der Waals surface area contributed by atoms with Crippen LogP contribution in [0.15, 0.2) is 54.6 Å². The number of anilines is 2. The Kier molecular flexibility index (Phi) is 7.11. The fourth-order valence-electron chi connectivity index (χ4n) is 3.35. The van der Waals surface area contributed by atoms with Crippen molar-refractivity contribution in [2.75, 3.05) is 49.6 Å². The number of carbonyl (C=O) groups is 1. The van der Waals surface area contributed by atoms with Gasteiger partial charge in [0.05, 0.1) is 24.6 Å².